The third-order valence-electron chi connectivity index (χ3n) is 2.62. The molecule has 0 heterocycles. The highest BCUT2D eigenvalue weighted by Gasteiger charge is 2.15. The third kappa shape index (κ3) is 5.42. The summed E-state index contributed by atoms with van der Waals surface area (Å²) in [4.78, 5) is 23.2. The highest BCUT2D eigenvalue weighted by Crippen LogP contribution is 2.20. The molecular weight excluding hydrogens is 310 g/mol. The van der Waals surface area contributed by atoms with Crippen LogP contribution in [0.3, 0.4) is 0 Å². The number of esters is 1. The van der Waals surface area contributed by atoms with Crippen LogP contribution in [0.2, 0.25) is 0 Å². The van der Waals surface area contributed by atoms with Gasteiger partial charge in [0.1, 0.15) is 0 Å². The normalized spacial score (nSPS) is 11.7. The summed E-state index contributed by atoms with van der Waals surface area (Å²) in [6.07, 6.45) is 1.68. The lowest BCUT2D eigenvalue weighted by atomic mass is 10.1. The van der Waals surface area contributed by atoms with Crippen LogP contribution in [-0.4, -0.2) is 18.5 Å². The van der Waals surface area contributed by atoms with E-state index in [9.17, 15) is 9.59 Å². The van der Waals surface area contributed by atoms with Crippen molar-refractivity contribution in [2.24, 2.45) is 5.92 Å². The Morgan fingerprint density at radius 2 is 2.05 bits per heavy atom. The minimum atomic E-state index is -0.344. The summed E-state index contributed by atoms with van der Waals surface area (Å²) in [5.74, 6) is -0.839. The molecule has 0 fully saturated rings. The fourth-order valence-corrected chi connectivity index (χ4v) is 1.96. The number of carbonyl (C=O) groups excluding carboxylic acids is 2. The fraction of sp³-hybridized carbons (Fsp3) is 0.429. The van der Waals surface area contributed by atoms with Gasteiger partial charge in [0.2, 0.25) is 0 Å². The summed E-state index contributed by atoms with van der Waals surface area (Å²) in [5, 5.41) is 2.67. The molecule has 0 spiro atoms. The lowest BCUT2D eigenvalue weighted by molar-refractivity contribution is -0.151. The quantitative estimate of drug-likeness (QED) is 0.815. The Balaban J connectivity index is 2.40. The zero-order valence-electron chi connectivity index (χ0n) is 11.1. The molecule has 0 aliphatic heterocycles. The summed E-state index contributed by atoms with van der Waals surface area (Å²) in [6.45, 7) is 3.55. The van der Waals surface area contributed by atoms with Crippen molar-refractivity contribution in [2.45, 2.75) is 26.7 Å². The van der Waals surface area contributed by atoms with E-state index >= 15 is 0 Å². The van der Waals surface area contributed by atoms with E-state index in [1.54, 1.807) is 13.0 Å². The first-order valence-corrected chi connectivity index (χ1v) is 7.05. The molecule has 1 N–H and O–H groups in total. The van der Waals surface area contributed by atoms with Crippen LogP contribution in [0.5, 0.6) is 0 Å². The minimum absolute atomic E-state index is 0.165. The minimum Gasteiger partial charge on any atom is -0.455 e. The lowest BCUT2D eigenvalue weighted by Crippen LogP contribution is -2.23. The molecule has 0 aromatic heterocycles. The molecule has 0 bridgehead atoms. The van der Waals surface area contributed by atoms with Gasteiger partial charge < -0.3 is 10.1 Å². The van der Waals surface area contributed by atoms with Gasteiger partial charge in [-0.15, -0.1) is 0 Å². The van der Waals surface area contributed by atoms with E-state index in [1.165, 1.54) is 0 Å². The summed E-state index contributed by atoms with van der Waals surface area (Å²) in [5.41, 5.74) is 0.658. The van der Waals surface area contributed by atoms with Gasteiger partial charge in [0.15, 0.2) is 6.61 Å². The maximum absolute atomic E-state index is 11.6. The number of hydrogen-bond donors (Lipinski definition) is 1. The van der Waals surface area contributed by atoms with Gasteiger partial charge in [-0.05, 0) is 34.5 Å². The fourth-order valence-electron chi connectivity index (χ4n) is 1.58. The van der Waals surface area contributed by atoms with E-state index in [-0.39, 0.29) is 24.4 Å². The van der Waals surface area contributed by atoms with Gasteiger partial charge in [-0.1, -0.05) is 32.4 Å². The number of ether oxygens (including phenoxy) is 1. The zero-order chi connectivity index (χ0) is 14.3. The number of nitrogens with one attached hydrogen (secondary N) is 1. The largest absolute Gasteiger partial charge is 0.455 e. The molecule has 1 aromatic carbocycles. The van der Waals surface area contributed by atoms with Crippen molar-refractivity contribution in [3.63, 3.8) is 0 Å². The van der Waals surface area contributed by atoms with Crippen molar-refractivity contribution in [2.75, 3.05) is 11.9 Å². The van der Waals surface area contributed by atoms with Crippen LogP contribution < -0.4 is 5.32 Å². The molecule has 4 nitrogen and oxygen atoms in total. The van der Waals surface area contributed by atoms with Crippen molar-refractivity contribution in [3.8, 4) is 0 Å². The average Bonchev–Trinajstić information content (AvgIpc) is 2.39. The summed E-state index contributed by atoms with van der Waals surface area (Å²) in [7, 11) is 0. The number of halogens is 1. The maximum atomic E-state index is 11.6. The number of amides is 1. The van der Waals surface area contributed by atoms with Gasteiger partial charge in [0.25, 0.3) is 5.91 Å². The molecule has 0 aliphatic rings. The summed E-state index contributed by atoms with van der Waals surface area (Å²) >= 11 is 3.33. The summed E-state index contributed by atoms with van der Waals surface area (Å²) in [6, 6.07) is 7.26. The van der Waals surface area contributed by atoms with E-state index in [0.29, 0.717) is 5.69 Å². The second-order valence-corrected chi connectivity index (χ2v) is 5.18. The second-order valence-electron chi connectivity index (χ2n) is 4.33. The predicted molar refractivity (Wildman–Crippen MR) is 77.8 cm³/mol. The molecule has 1 rings (SSSR count). The van der Waals surface area contributed by atoms with Crippen LogP contribution in [0.1, 0.15) is 26.7 Å². The van der Waals surface area contributed by atoms with Crippen molar-refractivity contribution in [3.05, 3.63) is 28.7 Å². The van der Waals surface area contributed by atoms with Gasteiger partial charge >= 0.3 is 5.97 Å². The van der Waals surface area contributed by atoms with Crippen molar-refractivity contribution >= 4 is 33.5 Å². The molecule has 0 unspecified atom stereocenters. The van der Waals surface area contributed by atoms with E-state index < -0.39 is 0 Å². The first-order valence-electron chi connectivity index (χ1n) is 6.25. The Kier molecular flexibility index (Phi) is 6.56. The van der Waals surface area contributed by atoms with Crippen LogP contribution >= 0.6 is 15.9 Å². The first kappa shape index (κ1) is 15.7. The average molecular weight is 328 g/mol. The van der Waals surface area contributed by atoms with Gasteiger partial charge in [0, 0.05) is 4.47 Å². The number of para-hydroxylation sites is 1. The topological polar surface area (TPSA) is 55.4 Å². The van der Waals surface area contributed by atoms with Crippen LogP contribution in [0.25, 0.3) is 0 Å². The molecule has 0 radical (unpaired) electrons. The Labute approximate surface area is 121 Å². The Morgan fingerprint density at radius 3 is 2.68 bits per heavy atom. The van der Waals surface area contributed by atoms with Crippen LogP contribution in [0, 0.1) is 5.92 Å². The molecule has 19 heavy (non-hydrogen) atoms. The summed E-state index contributed by atoms with van der Waals surface area (Å²) < 4.78 is 5.75. The first-order chi connectivity index (χ1) is 9.04. The molecule has 104 valence electrons. The number of hydrogen-bond acceptors (Lipinski definition) is 3. The number of benzene rings is 1. The zero-order valence-corrected chi connectivity index (χ0v) is 12.7. The van der Waals surface area contributed by atoms with Gasteiger partial charge in [0.05, 0.1) is 11.6 Å². The van der Waals surface area contributed by atoms with Crippen molar-refractivity contribution in [1.82, 2.24) is 0 Å². The standard InChI is InChI=1S/C14H18BrNO3/c1-3-6-10(2)14(18)19-9-13(17)16-12-8-5-4-7-11(12)15/h4-5,7-8,10H,3,6,9H2,1-2H3,(H,16,17)/t10-/m1/s1. The smallest absolute Gasteiger partial charge is 0.309 e. The number of carbonyl (C=O) groups is 2. The number of anilines is 1. The molecule has 1 aromatic rings. The van der Waals surface area contributed by atoms with Crippen molar-refractivity contribution < 1.29 is 14.3 Å². The van der Waals surface area contributed by atoms with E-state index in [0.717, 1.165) is 17.3 Å². The van der Waals surface area contributed by atoms with E-state index in [1.807, 2.05) is 25.1 Å². The third-order valence-corrected chi connectivity index (χ3v) is 3.31. The Hall–Kier alpha value is -1.36. The highest BCUT2D eigenvalue weighted by molar-refractivity contribution is 9.10. The SMILES string of the molecule is CCC[C@@H](C)C(=O)OCC(=O)Nc1ccccc1Br. The highest BCUT2D eigenvalue weighted by atomic mass is 79.9. The lowest BCUT2D eigenvalue weighted by Gasteiger charge is -2.11. The Bertz CT molecular complexity index is 448. The molecule has 0 saturated carbocycles. The van der Waals surface area contributed by atoms with Gasteiger partial charge in [-0.2, -0.15) is 0 Å². The monoisotopic (exact) mass is 327 g/mol. The molecule has 1 amide bonds. The van der Waals surface area contributed by atoms with Gasteiger partial charge in [-0.3, -0.25) is 9.59 Å². The van der Waals surface area contributed by atoms with E-state index in [2.05, 4.69) is 21.2 Å². The molecule has 5 heteroatoms. The molecular formula is C14H18BrNO3. The van der Waals surface area contributed by atoms with Crippen LogP contribution in [-0.2, 0) is 14.3 Å². The van der Waals surface area contributed by atoms with Gasteiger partial charge in [-0.25, -0.2) is 0 Å². The second kappa shape index (κ2) is 7.94. The molecule has 0 aliphatic carbocycles. The molecule has 1 atom stereocenters. The predicted octanol–water partition coefficient (Wildman–Crippen LogP) is 3.37. The van der Waals surface area contributed by atoms with Crippen LogP contribution in [0.4, 0.5) is 5.69 Å². The van der Waals surface area contributed by atoms with Crippen molar-refractivity contribution in [1.29, 1.82) is 0 Å². The van der Waals surface area contributed by atoms with Crippen LogP contribution in [0.15, 0.2) is 28.7 Å². The van der Waals surface area contributed by atoms with E-state index in [4.69, 9.17) is 4.74 Å². The number of rotatable bonds is 6. The molecule has 0 saturated heterocycles. The Morgan fingerprint density at radius 1 is 1.37 bits per heavy atom. The maximum Gasteiger partial charge on any atom is 0.309 e.